The summed E-state index contributed by atoms with van der Waals surface area (Å²) in [6.07, 6.45) is 0. The highest BCUT2D eigenvalue weighted by atomic mass is 35.5. The number of hydrogen-bond donors (Lipinski definition) is 1. The van der Waals surface area contributed by atoms with Crippen molar-refractivity contribution in [2.75, 3.05) is 5.32 Å². The summed E-state index contributed by atoms with van der Waals surface area (Å²) in [5.74, 6) is -1.08. The molecule has 4 aromatic rings. The van der Waals surface area contributed by atoms with E-state index < -0.39 is 23.5 Å². The van der Waals surface area contributed by atoms with Crippen LogP contribution in [-0.2, 0) is 0 Å². The third-order valence-electron chi connectivity index (χ3n) is 4.19. The lowest BCUT2D eigenvalue weighted by Crippen LogP contribution is -2.13. The van der Waals surface area contributed by atoms with Crippen molar-refractivity contribution in [3.63, 3.8) is 0 Å². The smallest absolute Gasteiger partial charge is 0.247 e. The molecule has 1 heterocycles. The van der Waals surface area contributed by atoms with Gasteiger partial charge < -0.3 is 9.73 Å². The zero-order valence-corrected chi connectivity index (χ0v) is 15.5. The lowest BCUT2D eigenvalue weighted by Gasteiger charge is -2.18. The quantitative estimate of drug-likeness (QED) is 0.433. The molecule has 1 atom stereocenters. The Morgan fingerprint density at radius 3 is 2.28 bits per heavy atom. The van der Waals surface area contributed by atoms with E-state index in [9.17, 15) is 13.2 Å². The Morgan fingerprint density at radius 2 is 1.55 bits per heavy atom. The summed E-state index contributed by atoms with van der Waals surface area (Å²) in [5, 5.41) is 11.3. The molecule has 1 aromatic heterocycles. The molecule has 0 aliphatic carbocycles. The van der Waals surface area contributed by atoms with Crippen molar-refractivity contribution < 1.29 is 17.6 Å². The van der Waals surface area contributed by atoms with Crippen LogP contribution in [0.1, 0.15) is 17.5 Å². The third kappa shape index (κ3) is 4.25. The Morgan fingerprint density at radius 1 is 0.828 bits per heavy atom. The predicted octanol–water partition coefficient (Wildman–Crippen LogP) is 6.01. The topological polar surface area (TPSA) is 51.0 Å². The van der Waals surface area contributed by atoms with Gasteiger partial charge in [-0.25, -0.2) is 13.2 Å². The average molecular weight is 416 g/mol. The second-order valence-electron chi connectivity index (χ2n) is 6.21. The van der Waals surface area contributed by atoms with E-state index in [4.69, 9.17) is 16.0 Å². The number of benzene rings is 3. The molecule has 29 heavy (non-hydrogen) atoms. The van der Waals surface area contributed by atoms with Crippen LogP contribution in [0.5, 0.6) is 0 Å². The summed E-state index contributed by atoms with van der Waals surface area (Å²) in [7, 11) is 0. The maximum Gasteiger partial charge on any atom is 0.247 e. The number of halogens is 4. The summed E-state index contributed by atoms with van der Waals surface area (Å²) in [5.41, 5.74) is 1.45. The molecule has 0 radical (unpaired) electrons. The number of anilines is 1. The molecule has 0 unspecified atom stereocenters. The SMILES string of the molecule is Fc1ccc(N[C@@H](c2nnc(-c3cccc(F)c3)o2)c2ccc(F)cc2Cl)cc1. The Balaban J connectivity index is 1.74. The molecule has 0 saturated carbocycles. The largest absolute Gasteiger partial charge is 0.418 e. The van der Waals surface area contributed by atoms with Gasteiger partial charge in [-0.05, 0) is 54.6 Å². The van der Waals surface area contributed by atoms with E-state index in [1.165, 1.54) is 60.7 Å². The van der Waals surface area contributed by atoms with Crippen LogP contribution in [-0.4, -0.2) is 10.2 Å². The molecule has 1 N–H and O–H groups in total. The molecule has 0 amide bonds. The first-order chi connectivity index (χ1) is 14.0. The van der Waals surface area contributed by atoms with Crippen LogP contribution in [0.25, 0.3) is 11.5 Å². The van der Waals surface area contributed by atoms with E-state index in [0.29, 0.717) is 16.8 Å². The fourth-order valence-electron chi connectivity index (χ4n) is 2.81. The lowest BCUT2D eigenvalue weighted by molar-refractivity contribution is 0.493. The summed E-state index contributed by atoms with van der Waals surface area (Å²) in [6, 6.07) is 14.5. The van der Waals surface area contributed by atoms with E-state index in [-0.39, 0.29) is 16.8 Å². The first-order valence-electron chi connectivity index (χ1n) is 8.56. The molecule has 0 aliphatic rings. The standard InChI is InChI=1S/C21H13ClF3N3O/c22-18-11-15(25)6-9-17(18)19(26-16-7-4-13(23)5-8-16)21-28-27-20(29-21)12-2-1-3-14(24)10-12/h1-11,19,26H/t19-/m1/s1. The second kappa shape index (κ2) is 7.97. The van der Waals surface area contributed by atoms with Crippen molar-refractivity contribution >= 4 is 17.3 Å². The molecule has 0 saturated heterocycles. The minimum absolute atomic E-state index is 0.114. The molecular weight excluding hydrogens is 403 g/mol. The molecule has 146 valence electrons. The molecule has 3 aromatic carbocycles. The normalized spacial score (nSPS) is 12.0. The monoisotopic (exact) mass is 415 g/mol. The average Bonchev–Trinajstić information content (AvgIpc) is 3.18. The zero-order valence-electron chi connectivity index (χ0n) is 14.7. The molecule has 0 bridgehead atoms. The van der Waals surface area contributed by atoms with Gasteiger partial charge in [-0.3, -0.25) is 0 Å². The van der Waals surface area contributed by atoms with Gasteiger partial charge in [-0.2, -0.15) is 0 Å². The third-order valence-corrected chi connectivity index (χ3v) is 4.52. The van der Waals surface area contributed by atoms with Crippen molar-refractivity contribution in [1.82, 2.24) is 10.2 Å². The maximum absolute atomic E-state index is 13.5. The lowest BCUT2D eigenvalue weighted by atomic mass is 10.1. The molecule has 8 heteroatoms. The van der Waals surface area contributed by atoms with Crippen LogP contribution in [0.15, 0.2) is 71.1 Å². The van der Waals surface area contributed by atoms with Crippen LogP contribution in [0, 0.1) is 17.5 Å². The Kier molecular flexibility index (Phi) is 5.22. The summed E-state index contributed by atoms with van der Waals surface area (Å²) in [4.78, 5) is 0. The Bertz CT molecular complexity index is 1150. The molecule has 0 fully saturated rings. The second-order valence-corrected chi connectivity index (χ2v) is 6.61. The Labute approximate surface area is 169 Å². The van der Waals surface area contributed by atoms with Crippen molar-refractivity contribution in [2.24, 2.45) is 0 Å². The number of aromatic nitrogens is 2. The first kappa shape index (κ1) is 19.0. The van der Waals surface area contributed by atoms with Crippen molar-refractivity contribution in [3.05, 3.63) is 101 Å². The van der Waals surface area contributed by atoms with E-state index in [1.807, 2.05) is 0 Å². The van der Waals surface area contributed by atoms with Crippen LogP contribution in [0.3, 0.4) is 0 Å². The highest BCUT2D eigenvalue weighted by Crippen LogP contribution is 2.33. The minimum atomic E-state index is -0.747. The number of nitrogens with zero attached hydrogens (tertiary/aromatic N) is 2. The number of rotatable bonds is 5. The van der Waals surface area contributed by atoms with Gasteiger partial charge in [0.1, 0.15) is 23.5 Å². The van der Waals surface area contributed by atoms with Crippen LogP contribution < -0.4 is 5.32 Å². The van der Waals surface area contributed by atoms with Gasteiger partial charge in [-0.15, -0.1) is 10.2 Å². The van der Waals surface area contributed by atoms with Crippen LogP contribution >= 0.6 is 11.6 Å². The van der Waals surface area contributed by atoms with Crippen LogP contribution in [0.2, 0.25) is 5.02 Å². The van der Waals surface area contributed by atoms with Gasteiger partial charge >= 0.3 is 0 Å². The van der Waals surface area contributed by atoms with E-state index >= 15 is 0 Å². The van der Waals surface area contributed by atoms with Gasteiger partial charge in [0.05, 0.1) is 0 Å². The van der Waals surface area contributed by atoms with E-state index in [0.717, 1.165) is 0 Å². The van der Waals surface area contributed by atoms with Gasteiger partial charge in [0.25, 0.3) is 0 Å². The summed E-state index contributed by atoms with van der Waals surface area (Å²) in [6.45, 7) is 0. The highest BCUT2D eigenvalue weighted by Gasteiger charge is 2.24. The summed E-state index contributed by atoms with van der Waals surface area (Å²) < 4.78 is 46.0. The number of nitrogens with one attached hydrogen (secondary N) is 1. The highest BCUT2D eigenvalue weighted by molar-refractivity contribution is 6.31. The van der Waals surface area contributed by atoms with Crippen molar-refractivity contribution in [1.29, 1.82) is 0 Å². The van der Waals surface area contributed by atoms with Crippen molar-refractivity contribution in [3.8, 4) is 11.5 Å². The molecule has 0 aliphatic heterocycles. The fraction of sp³-hybridized carbons (Fsp3) is 0.0476. The van der Waals surface area contributed by atoms with E-state index in [2.05, 4.69) is 15.5 Å². The summed E-state index contributed by atoms with van der Waals surface area (Å²) >= 11 is 6.23. The predicted molar refractivity (Wildman–Crippen MR) is 103 cm³/mol. The van der Waals surface area contributed by atoms with Crippen molar-refractivity contribution in [2.45, 2.75) is 6.04 Å². The zero-order chi connectivity index (χ0) is 20.4. The minimum Gasteiger partial charge on any atom is -0.418 e. The molecular formula is C21H13ClF3N3O. The fourth-order valence-corrected chi connectivity index (χ4v) is 3.09. The van der Waals surface area contributed by atoms with Gasteiger partial charge in [0.2, 0.25) is 11.8 Å². The maximum atomic E-state index is 13.5. The first-order valence-corrected chi connectivity index (χ1v) is 8.94. The van der Waals surface area contributed by atoms with Gasteiger partial charge in [-0.1, -0.05) is 23.7 Å². The molecule has 4 rings (SSSR count). The molecule has 0 spiro atoms. The van der Waals surface area contributed by atoms with Crippen LogP contribution in [0.4, 0.5) is 18.9 Å². The van der Waals surface area contributed by atoms with Gasteiger partial charge in [0, 0.05) is 21.8 Å². The van der Waals surface area contributed by atoms with E-state index in [1.54, 1.807) is 6.07 Å². The Hall–Kier alpha value is -3.32. The van der Waals surface area contributed by atoms with Gasteiger partial charge in [0.15, 0.2) is 0 Å². The number of hydrogen-bond acceptors (Lipinski definition) is 4. The molecule has 4 nitrogen and oxygen atoms in total.